The number of carbonyl (C=O) groups excluding carboxylic acids is 2. The van der Waals surface area contributed by atoms with E-state index < -0.39 is 11.8 Å². The molecule has 0 bridgehead atoms. The number of para-hydroxylation sites is 1. The van der Waals surface area contributed by atoms with Crippen LogP contribution in [-0.2, 0) is 9.59 Å². The number of imide groups is 1. The molecule has 0 radical (unpaired) electrons. The van der Waals surface area contributed by atoms with Crippen LogP contribution in [-0.4, -0.2) is 26.0 Å². The van der Waals surface area contributed by atoms with Crippen LogP contribution in [0.1, 0.15) is 11.1 Å². The second-order valence-corrected chi connectivity index (χ2v) is 7.09. The molecule has 0 aliphatic carbocycles. The molecule has 1 N–H and O–H groups in total. The monoisotopic (exact) mass is 414 g/mol. The lowest BCUT2D eigenvalue weighted by Gasteiger charge is -2.16. The Morgan fingerprint density at radius 2 is 1.55 bits per heavy atom. The first kappa shape index (κ1) is 20.2. The molecule has 3 aromatic carbocycles. The van der Waals surface area contributed by atoms with Gasteiger partial charge in [-0.05, 0) is 37.3 Å². The zero-order chi connectivity index (χ0) is 22.0. The van der Waals surface area contributed by atoms with Gasteiger partial charge >= 0.3 is 0 Å². The van der Waals surface area contributed by atoms with Gasteiger partial charge in [-0.25, -0.2) is 4.90 Å². The van der Waals surface area contributed by atoms with Crippen molar-refractivity contribution in [1.29, 1.82) is 0 Å². The summed E-state index contributed by atoms with van der Waals surface area (Å²) in [5, 5.41) is 3.16. The maximum Gasteiger partial charge on any atom is 0.282 e. The van der Waals surface area contributed by atoms with Crippen LogP contribution in [0, 0.1) is 6.92 Å². The van der Waals surface area contributed by atoms with Gasteiger partial charge in [0.15, 0.2) is 0 Å². The van der Waals surface area contributed by atoms with Gasteiger partial charge in [-0.3, -0.25) is 9.59 Å². The highest BCUT2D eigenvalue weighted by molar-refractivity contribution is 6.46. The molecule has 31 heavy (non-hydrogen) atoms. The summed E-state index contributed by atoms with van der Waals surface area (Å²) in [7, 11) is 3.07. The first-order chi connectivity index (χ1) is 15.0. The van der Waals surface area contributed by atoms with E-state index in [0.717, 1.165) is 10.5 Å². The van der Waals surface area contributed by atoms with E-state index in [0.29, 0.717) is 28.4 Å². The number of aryl methyl sites for hydroxylation is 1. The summed E-state index contributed by atoms with van der Waals surface area (Å²) in [4.78, 5) is 28.2. The maximum atomic E-state index is 13.6. The van der Waals surface area contributed by atoms with Gasteiger partial charge in [0.25, 0.3) is 11.8 Å². The van der Waals surface area contributed by atoms with Crippen LogP contribution in [0.2, 0.25) is 0 Å². The number of hydrogen-bond acceptors (Lipinski definition) is 5. The Hall–Kier alpha value is -4.06. The molecule has 4 rings (SSSR count). The zero-order valence-electron chi connectivity index (χ0n) is 17.5. The van der Waals surface area contributed by atoms with E-state index in [1.807, 2.05) is 37.3 Å². The molecule has 0 saturated heterocycles. The number of hydrogen-bond donors (Lipinski definition) is 1. The van der Waals surface area contributed by atoms with Gasteiger partial charge in [-0.1, -0.05) is 42.0 Å². The van der Waals surface area contributed by atoms with Gasteiger partial charge in [-0.2, -0.15) is 0 Å². The standard InChI is InChI=1S/C25H22N2O4/c1-16-11-13-17(14-12-16)26-23-22(20-9-4-5-10-21(20)31-3)24(28)27(25(23)29)18-7-6-8-19(15-18)30-2/h4-15,26H,1-3H3. The minimum absolute atomic E-state index is 0.196. The molecule has 2 amide bonds. The van der Waals surface area contributed by atoms with Gasteiger partial charge in [0.1, 0.15) is 17.2 Å². The van der Waals surface area contributed by atoms with E-state index >= 15 is 0 Å². The van der Waals surface area contributed by atoms with Crippen LogP contribution in [0.3, 0.4) is 0 Å². The van der Waals surface area contributed by atoms with E-state index in [2.05, 4.69) is 5.32 Å². The number of methoxy groups -OCH3 is 2. The molecule has 0 aromatic heterocycles. The lowest BCUT2D eigenvalue weighted by molar-refractivity contribution is -0.120. The molecule has 0 saturated carbocycles. The van der Waals surface area contributed by atoms with Crippen LogP contribution in [0.5, 0.6) is 11.5 Å². The summed E-state index contributed by atoms with van der Waals surface area (Å²) in [6.45, 7) is 1.98. The average molecular weight is 414 g/mol. The Morgan fingerprint density at radius 3 is 2.26 bits per heavy atom. The van der Waals surface area contributed by atoms with Gasteiger partial charge < -0.3 is 14.8 Å². The second-order valence-electron chi connectivity index (χ2n) is 7.09. The number of carbonyl (C=O) groups is 2. The Kier molecular flexibility index (Phi) is 5.45. The highest BCUT2D eigenvalue weighted by atomic mass is 16.5. The number of ether oxygens (including phenoxy) is 2. The number of amides is 2. The van der Waals surface area contributed by atoms with Gasteiger partial charge in [0, 0.05) is 17.3 Å². The zero-order valence-corrected chi connectivity index (χ0v) is 17.5. The summed E-state index contributed by atoms with van der Waals surface area (Å²) in [5.41, 5.74) is 3.23. The Balaban J connectivity index is 1.85. The molecule has 0 atom stereocenters. The van der Waals surface area contributed by atoms with E-state index in [9.17, 15) is 9.59 Å². The van der Waals surface area contributed by atoms with Gasteiger partial charge in [-0.15, -0.1) is 0 Å². The van der Waals surface area contributed by atoms with Crippen LogP contribution in [0.4, 0.5) is 11.4 Å². The summed E-state index contributed by atoms with van der Waals surface area (Å²) in [5.74, 6) is 0.184. The molecule has 0 unspecified atom stereocenters. The molecule has 1 heterocycles. The SMILES string of the molecule is COc1cccc(N2C(=O)C(Nc3ccc(C)cc3)=C(c3ccccc3OC)C2=O)c1. The topological polar surface area (TPSA) is 67.9 Å². The maximum absolute atomic E-state index is 13.6. The fourth-order valence-electron chi connectivity index (χ4n) is 3.51. The largest absolute Gasteiger partial charge is 0.497 e. The summed E-state index contributed by atoms with van der Waals surface area (Å²) in [6, 6.07) is 21.6. The number of nitrogens with zero attached hydrogens (tertiary/aromatic N) is 1. The van der Waals surface area contributed by atoms with Gasteiger partial charge in [0.2, 0.25) is 0 Å². The first-order valence-electron chi connectivity index (χ1n) is 9.77. The van der Waals surface area contributed by atoms with Crippen LogP contribution in [0.25, 0.3) is 5.57 Å². The molecule has 6 nitrogen and oxygen atoms in total. The second kappa shape index (κ2) is 8.36. The molecule has 0 fully saturated rings. The van der Waals surface area contributed by atoms with Crippen molar-refractivity contribution in [2.24, 2.45) is 0 Å². The van der Waals surface area contributed by atoms with Crippen molar-refractivity contribution in [1.82, 2.24) is 0 Å². The Morgan fingerprint density at radius 1 is 0.806 bits per heavy atom. The summed E-state index contributed by atoms with van der Waals surface area (Å²) >= 11 is 0. The van der Waals surface area contributed by atoms with Crippen LogP contribution >= 0.6 is 0 Å². The number of nitrogens with one attached hydrogen (secondary N) is 1. The highest BCUT2D eigenvalue weighted by Crippen LogP contribution is 2.38. The third kappa shape index (κ3) is 3.75. The molecular formula is C25H22N2O4. The van der Waals surface area contributed by atoms with Crippen molar-refractivity contribution >= 4 is 28.8 Å². The lowest BCUT2D eigenvalue weighted by atomic mass is 10.0. The smallest absolute Gasteiger partial charge is 0.282 e. The van der Waals surface area contributed by atoms with Crippen molar-refractivity contribution in [3.05, 3.63) is 89.6 Å². The van der Waals surface area contributed by atoms with E-state index in [1.165, 1.54) is 14.2 Å². The molecule has 0 spiro atoms. The van der Waals surface area contributed by atoms with Crippen molar-refractivity contribution in [3.63, 3.8) is 0 Å². The number of anilines is 2. The third-order valence-corrected chi connectivity index (χ3v) is 5.09. The number of rotatable bonds is 6. The predicted octanol–water partition coefficient (Wildman–Crippen LogP) is 4.41. The quantitative estimate of drug-likeness (QED) is 0.605. The summed E-state index contributed by atoms with van der Waals surface area (Å²) < 4.78 is 10.7. The average Bonchev–Trinajstić information content (AvgIpc) is 3.04. The Bertz CT molecular complexity index is 1180. The Labute approximate surface area is 180 Å². The fourth-order valence-corrected chi connectivity index (χ4v) is 3.51. The third-order valence-electron chi connectivity index (χ3n) is 5.09. The van der Waals surface area contributed by atoms with Gasteiger partial charge in [0.05, 0.1) is 25.5 Å². The molecule has 1 aliphatic rings. The lowest BCUT2D eigenvalue weighted by Crippen LogP contribution is -2.32. The molecule has 3 aromatic rings. The van der Waals surface area contributed by atoms with Crippen molar-refractivity contribution in [2.45, 2.75) is 6.92 Å². The summed E-state index contributed by atoms with van der Waals surface area (Å²) in [6.07, 6.45) is 0. The van der Waals surface area contributed by atoms with Crippen molar-refractivity contribution in [3.8, 4) is 11.5 Å². The van der Waals surface area contributed by atoms with Crippen molar-refractivity contribution in [2.75, 3.05) is 24.4 Å². The van der Waals surface area contributed by atoms with E-state index in [1.54, 1.807) is 42.5 Å². The van der Waals surface area contributed by atoms with Crippen LogP contribution in [0.15, 0.2) is 78.5 Å². The molecule has 156 valence electrons. The molecular weight excluding hydrogens is 392 g/mol. The number of benzene rings is 3. The minimum Gasteiger partial charge on any atom is -0.497 e. The highest BCUT2D eigenvalue weighted by Gasteiger charge is 2.41. The fraction of sp³-hybridized carbons (Fsp3) is 0.120. The normalized spacial score (nSPS) is 13.6. The van der Waals surface area contributed by atoms with E-state index in [4.69, 9.17) is 9.47 Å². The van der Waals surface area contributed by atoms with Crippen molar-refractivity contribution < 1.29 is 19.1 Å². The van der Waals surface area contributed by atoms with E-state index in [-0.39, 0.29) is 11.3 Å². The predicted molar refractivity (Wildman–Crippen MR) is 120 cm³/mol. The molecule has 6 heteroatoms. The first-order valence-corrected chi connectivity index (χ1v) is 9.77. The minimum atomic E-state index is -0.445. The molecule has 1 aliphatic heterocycles. The van der Waals surface area contributed by atoms with Crippen LogP contribution < -0.4 is 19.7 Å².